The molecule has 0 saturated carbocycles. The number of thiophene rings is 1. The Bertz CT molecular complexity index is 863. The van der Waals surface area contributed by atoms with E-state index in [2.05, 4.69) is 5.32 Å². The van der Waals surface area contributed by atoms with Gasteiger partial charge in [-0.3, -0.25) is 4.79 Å². The lowest BCUT2D eigenvalue weighted by atomic mass is 10.1. The number of carbonyl (C=O) groups excluding carboxylic acids is 1. The van der Waals surface area contributed by atoms with E-state index in [0.717, 1.165) is 10.1 Å². The molecule has 0 fully saturated rings. The van der Waals surface area contributed by atoms with Crippen molar-refractivity contribution in [3.05, 3.63) is 47.3 Å². The van der Waals surface area contributed by atoms with Crippen LogP contribution in [-0.4, -0.2) is 27.2 Å². The molecule has 5 nitrogen and oxygen atoms in total. The highest BCUT2D eigenvalue weighted by Crippen LogP contribution is 2.40. The van der Waals surface area contributed by atoms with E-state index in [1.165, 1.54) is 21.3 Å². The second-order valence-corrected chi connectivity index (χ2v) is 5.92. The summed E-state index contributed by atoms with van der Waals surface area (Å²) in [5.41, 5.74) is 1.22. The van der Waals surface area contributed by atoms with Gasteiger partial charge in [0.25, 0.3) is 5.91 Å². The second kappa shape index (κ2) is 6.80. The van der Waals surface area contributed by atoms with Gasteiger partial charge in [-0.1, -0.05) is 18.2 Å². The van der Waals surface area contributed by atoms with Gasteiger partial charge in [0.15, 0.2) is 11.5 Å². The number of rotatable bonds is 5. The van der Waals surface area contributed by atoms with E-state index in [1.807, 2.05) is 29.6 Å². The van der Waals surface area contributed by atoms with Crippen LogP contribution >= 0.6 is 11.3 Å². The molecule has 1 N–H and O–H groups in total. The molecular formula is C18H17NO4S. The van der Waals surface area contributed by atoms with Crippen molar-refractivity contribution in [2.24, 2.45) is 0 Å². The second-order valence-electron chi connectivity index (χ2n) is 5.01. The summed E-state index contributed by atoms with van der Waals surface area (Å²) in [6.07, 6.45) is 0. The SMILES string of the molecule is COc1cc(NC(=O)c2csc3ccccc23)cc(OC)c1OC. The van der Waals surface area contributed by atoms with Crippen LogP contribution < -0.4 is 19.5 Å². The fourth-order valence-electron chi connectivity index (χ4n) is 2.51. The van der Waals surface area contributed by atoms with Crippen LogP contribution in [0.4, 0.5) is 5.69 Å². The summed E-state index contributed by atoms with van der Waals surface area (Å²) in [4.78, 5) is 12.6. The van der Waals surface area contributed by atoms with Crippen molar-refractivity contribution in [1.82, 2.24) is 0 Å². The van der Waals surface area contributed by atoms with Crippen molar-refractivity contribution < 1.29 is 19.0 Å². The summed E-state index contributed by atoms with van der Waals surface area (Å²) in [7, 11) is 4.61. The maximum atomic E-state index is 12.6. The summed E-state index contributed by atoms with van der Waals surface area (Å²) in [5, 5.41) is 5.69. The zero-order valence-corrected chi connectivity index (χ0v) is 14.4. The van der Waals surface area contributed by atoms with Gasteiger partial charge in [0.1, 0.15) is 0 Å². The normalized spacial score (nSPS) is 10.5. The Balaban J connectivity index is 1.94. The molecule has 0 atom stereocenters. The van der Waals surface area contributed by atoms with Gasteiger partial charge < -0.3 is 19.5 Å². The van der Waals surface area contributed by atoms with Crippen molar-refractivity contribution in [1.29, 1.82) is 0 Å². The minimum atomic E-state index is -0.179. The first-order chi connectivity index (χ1) is 11.7. The number of methoxy groups -OCH3 is 3. The fourth-order valence-corrected chi connectivity index (χ4v) is 3.45. The number of hydrogen-bond donors (Lipinski definition) is 1. The quantitative estimate of drug-likeness (QED) is 0.755. The number of benzene rings is 2. The van der Waals surface area contributed by atoms with Gasteiger partial charge in [0, 0.05) is 33.3 Å². The molecule has 1 aromatic heterocycles. The van der Waals surface area contributed by atoms with Gasteiger partial charge in [-0.15, -0.1) is 11.3 Å². The number of anilines is 1. The molecule has 6 heteroatoms. The summed E-state index contributed by atoms with van der Waals surface area (Å²) in [6, 6.07) is 11.2. The smallest absolute Gasteiger partial charge is 0.257 e. The van der Waals surface area contributed by atoms with Gasteiger partial charge in [0.05, 0.1) is 26.9 Å². The number of nitrogens with one attached hydrogen (secondary N) is 1. The van der Waals surface area contributed by atoms with E-state index >= 15 is 0 Å². The third-order valence-corrected chi connectivity index (χ3v) is 4.61. The Morgan fingerprint density at radius 2 is 1.67 bits per heavy atom. The van der Waals surface area contributed by atoms with Crippen LogP contribution in [0.15, 0.2) is 41.8 Å². The third-order valence-electron chi connectivity index (χ3n) is 3.65. The highest BCUT2D eigenvalue weighted by atomic mass is 32.1. The number of carbonyl (C=O) groups is 1. The topological polar surface area (TPSA) is 56.8 Å². The van der Waals surface area contributed by atoms with Crippen LogP contribution in [0.1, 0.15) is 10.4 Å². The average Bonchev–Trinajstić information content (AvgIpc) is 3.05. The molecule has 0 saturated heterocycles. The van der Waals surface area contributed by atoms with Gasteiger partial charge in [-0.05, 0) is 6.07 Å². The van der Waals surface area contributed by atoms with E-state index in [1.54, 1.807) is 23.5 Å². The Hall–Kier alpha value is -2.73. The Labute approximate surface area is 143 Å². The van der Waals surface area contributed by atoms with E-state index in [4.69, 9.17) is 14.2 Å². The molecule has 2 aromatic carbocycles. The third kappa shape index (κ3) is 2.88. The lowest BCUT2D eigenvalue weighted by molar-refractivity contribution is 0.102. The van der Waals surface area contributed by atoms with Crippen LogP contribution in [0.5, 0.6) is 17.2 Å². The number of ether oxygens (including phenoxy) is 3. The van der Waals surface area contributed by atoms with Crippen LogP contribution in [0, 0.1) is 0 Å². The highest BCUT2D eigenvalue weighted by molar-refractivity contribution is 7.17. The maximum absolute atomic E-state index is 12.6. The lowest BCUT2D eigenvalue weighted by Crippen LogP contribution is -2.11. The predicted octanol–water partition coefficient (Wildman–Crippen LogP) is 4.18. The fraction of sp³-hybridized carbons (Fsp3) is 0.167. The summed E-state index contributed by atoms with van der Waals surface area (Å²) < 4.78 is 17.0. The molecule has 3 aromatic rings. The van der Waals surface area contributed by atoms with E-state index < -0.39 is 0 Å². The molecule has 0 aliphatic carbocycles. The summed E-state index contributed by atoms with van der Waals surface area (Å²) >= 11 is 1.54. The monoisotopic (exact) mass is 343 g/mol. The Morgan fingerprint density at radius 3 is 2.29 bits per heavy atom. The molecule has 24 heavy (non-hydrogen) atoms. The Morgan fingerprint density at radius 1 is 1.00 bits per heavy atom. The van der Waals surface area contributed by atoms with Crippen molar-refractivity contribution in [3.8, 4) is 17.2 Å². The lowest BCUT2D eigenvalue weighted by Gasteiger charge is -2.14. The molecule has 124 valence electrons. The molecule has 0 unspecified atom stereocenters. The van der Waals surface area contributed by atoms with Crippen molar-refractivity contribution >= 4 is 33.0 Å². The first-order valence-corrected chi connectivity index (χ1v) is 8.13. The largest absolute Gasteiger partial charge is 0.493 e. The zero-order chi connectivity index (χ0) is 17.1. The van der Waals surface area contributed by atoms with Crippen molar-refractivity contribution in [2.45, 2.75) is 0 Å². The first-order valence-electron chi connectivity index (χ1n) is 7.25. The van der Waals surface area contributed by atoms with Crippen molar-refractivity contribution in [2.75, 3.05) is 26.6 Å². The molecule has 1 amide bonds. The standard InChI is InChI=1S/C18H17NO4S/c1-21-14-8-11(9-15(22-2)17(14)23-3)19-18(20)13-10-24-16-7-5-4-6-12(13)16/h4-10H,1-3H3,(H,19,20). The first kappa shape index (κ1) is 16.1. The molecule has 0 aliphatic rings. The van der Waals surface area contributed by atoms with Crippen LogP contribution in [-0.2, 0) is 0 Å². The number of amides is 1. The van der Waals surface area contributed by atoms with E-state index in [0.29, 0.717) is 28.5 Å². The molecular weight excluding hydrogens is 326 g/mol. The van der Waals surface area contributed by atoms with Crippen molar-refractivity contribution in [3.63, 3.8) is 0 Å². The zero-order valence-electron chi connectivity index (χ0n) is 13.6. The maximum Gasteiger partial charge on any atom is 0.257 e. The van der Waals surface area contributed by atoms with Gasteiger partial charge in [-0.25, -0.2) is 0 Å². The summed E-state index contributed by atoms with van der Waals surface area (Å²) in [5.74, 6) is 1.28. The number of hydrogen-bond acceptors (Lipinski definition) is 5. The molecule has 3 rings (SSSR count). The minimum Gasteiger partial charge on any atom is -0.493 e. The molecule has 1 heterocycles. The Kier molecular flexibility index (Phi) is 4.57. The molecule has 0 bridgehead atoms. The average molecular weight is 343 g/mol. The van der Waals surface area contributed by atoms with Crippen LogP contribution in [0.3, 0.4) is 0 Å². The van der Waals surface area contributed by atoms with Crippen LogP contribution in [0.25, 0.3) is 10.1 Å². The minimum absolute atomic E-state index is 0.179. The van der Waals surface area contributed by atoms with Gasteiger partial charge in [0.2, 0.25) is 5.75 Å². The number of fused-ring (bicyclic) bond motifs is 1. The van der Waals surface area contributed by atoms with Gasteiger partial charge in [-0.2, -0.15) is 0 Å². The molecule has 0 radical (unpaired) electrons. The summed E-state index contributed by atoms with van der Waals surface area (Å²) in [6.45, 7) is 0. The highest BCUT2D eigenvalue weighted by Gasteiger charge is 2.16. The van der Waals surface area contributed by atoms with Gasteiger partial charge >= 0.3 is 0 Å². The van der Waals surface area contributed by atoms with Crippen LogP contribution in [0.2, 0.25) is 0 Å². The molecule has 0 aliphatic heterocycles. The molecule has 0 spiro atoms. The van der Waals surface area contributed by atoms with E-state index in [9.17, 15) is 4.79 Å². The van der Waals surface area contributed by atoms with E-state index in [-0.39, 0.29) is 5.91 Å². The predicted molar refractivity (Wildman–Crippen MR) is 95.9 cm³/mol.